The fourth-order valence-corrected chi connectivity index (χ4v) is 3.70. The Morgan fingerprint density at radius 1 is 1.04 bits per heavy atom. The van der Waals surface area contributed by atoms with Crippen LogP contribution in [0, 0.1) is 17.6 Å². The van der Waals surface area contributed by atoms with Crippen molar-refractivity contribution in [2.24, 2.45) is 10.9 Å². The molecule has 0 spiro atoms. The zero-order valence-corrected chi connectivity index (χ0v) is 15.2. The lowest BCUT2D eigenvalue weighted by Gasteiger charge is -2.29. The summed E-state index contributed by atoms with van der Waals surface area (Å²) in [6.07, 6.45) is 4.30. The normalized spacial score (nSPS) is 20.0. The highest BCUT2D eigenvalue weighted by atomic mass is 19.2. The summed E-state index contributed by atoms with van der Waals surface area (Å²) in [6, 6.07) is 10.4. The molecule has 0 saturated heterocycles. The molecule has 5 nitrogen and oxygen atoms in total. The van der Waals surface area contributed by atoms with Crippen molar-refractivity contribution in [2.75, 3.05) is 0 Å². The van der Waals surface area contributed by atoms with Gasteiger partial charge in [-0.15, -0.1) is 0 Å². The Labute approximate surface area is 161 Å². The summed E-state index contributed by atoms with van der Waals surface area (Å²) in [7, 11) is 0. The summed E-state index contributed by atoms with van der Waals surface area (Å²) in [4.78, 5) is 15.1. The summed E-state index contributed by atoms with van der Waals surface area (Å²) >= 11 is 0. The van der Waals surface area contributed by atoms with Crippen molar-refractivity contribution in [2.45, 2.75) is 38.0 Å². The van der Waals surface area contributed by atoms with Crippen molar-refractivity contribution in [1.82, 2.24) is 5.48 Å². The second-order valence-corrected chi connectivity index (χ2v) is 7.12. The molecule has 0 atom stereocenters. The molecular formula is C21H22F2N2O3. The minimum atomic E-state index is -0.979. The van der Waals surface area contributed by atoms with Crippen molar-refractivity contribution >= 4 is 17.5 Å². The summed E-state index contributed by atoms with van der Waals surface area (Å²) in [6.45, 7) is 0. The minimum Gasteiger partial charge on any atom is -0.478 e. The lowest BCUT2D eigenvalue weighted by atomic mass is 9.77. The molecule has 0 radical (unpaired) electrons. The number of aliphatic imine (C=N–C) groups is 1. The maximum Gasteiger partial charge on any atom is 0.335 e. The fraction of sp³-hybridized carbons (Fsp3) is 0.333. The number of rotatable bonds is 5. The molecule has 3 N–H and O–H groups in total. The van der Waals surface area contributed by atoms with Crippen LogP contribution in [0.1, 0.15) is 53.9 Å². The Kier molecular flexibility index (Phi) is 6.36. The Morgan fingerprint density at radius 3 is 2.29 bits per heavy atom. The van der Waals surface area contributed by atoms with E-state index in [1.165, 1.54) is 6.07 Å². The SMILES string of the molecule is O=C(O)c1ccc(C2CCC(CC(=Nc3ccc(F)c(F)c3)NO)CC2)cc1. The van der Waals surface area contributed by atoms with E-state index in [1.54, 1.807) is 12.1 Å². The highest BCUT2D eigenvalue weighted by Gasteiger charge is 2.23. The van der Waals surface area contributed by atoms with E-state index in [4.69, 9.17) is 5.11 Å². The number of carboxylic acid groups (broad SMARTS) is 1. The first-order chi connectivity index (χ1) is 13.5. The molecule has 0 aliphatic heterocycles. The van der Waals surface area contributed by atoms with Crippen LogP contribution in [0.15, 0.2) is 47.5 Å². The van der Waals surface area contributed by atoms with Crippen molar-refractivity contribution in [3.63, 3.8) is 0 Å². The van der Waals surface area contributed by atoms with Crippen molar-refractivity contribution in [1.29, 1.82) is 0 Å². The summed E-state index contributed by atoms with van der Waals surface area (Å²) in [5.41, 5.74) is 3.73. The van der Waals surface area contributed by atoms with Crippen molar-refractivity contribution in [3.05, 3.63) is 65.2 Å². The lowest BCUT2D eigenvalue weighted by molar-refractivity contribution is 0.0697. The molecule has 1 saturated carbocycles. The van der Waals surface area contributed by atoms with Crippen LogP contribution in [0.5, 0.6) is 0 Å². The van der Waals surface area contributed by atoms with E-state index >= 15 is 0 Å². The standard InChI is InChI=1S/C21H22F2N2O3/c22-18-10-9-17(12-19(18)23)24-20(25-28)11-13-1-3-14(4-2-13)15-5-7-16(8-6-15)21(26)27/h5-10,12-14,28H,1-4,11H2,(H,24,25)(H,26,27). The van der Waals surface area contributed by atoms with Crippen LogP contribution >= 0.6 is 0 Å². The Balaban J connectivity index is 1.58. The van der Waals surface area contributed by atoms with Gasteiger partial charge in [0.05, 0.1) is 11.3 Å². The molecule has 1 fully saturated rings. The molecule has 7 heteroatoms. The van der Waals surface area contributed by atoms with Crippen LogP contribution in [0.3, 0.4) is 0 Å². The molecule has 3 rings (SSSR count). The van der Waals surface area contributed by atoms with Gasteiger partial charge in [-0.05, 0) is 67.3 Å². The molecule has 0 bridgehead atoms. The monoisotopic (exact) mass is 388 g/mol. The first-order valence-corrected chi connectivity index (χ1v) is 9.22. The quantitative estimate of drug-likeness (QED) is 0.381. The number of halogens is 2. The minimum absolute atomic E-state index is 0.239. The van der Waals surface area contributed by atoms with E-state index in [-0.39, 0.29) is 11.3 Å². The van der Waals surface area contributed by atoms with Crippen molar-refractivity contribution < 1.29 is 23.9 Å². The van der Waals surface area contributed by atoms with Gasteiger partial charge in [0.15, 0.2) is 11.6 Å². The maximum atomic E-state index is 13.3. The van der Waals surface area contributed by atoms with Crippen LogP contribution in [0.2, 0.25) is 0 Å². The van der Waals surface area contributed by atoms with Gasteiger partial charge in [-0.3, -0.25) is 10.7 Å². The average Bonchev–Trinajstić information content (AvgIpc) is 2.71. The molecule has 148 valence electrons. The van der Waals surface area contributed by atoms with E-state index in [9.17, 15) is 18.8 Å². The summed E-state index contributed by atoms with van der Waals surface area (Å²) in [5, 5.41) is 18.3. The van der Waals surface area contributed by atoms with Crippen molar-refractivity contribution in [3.8, 4) is 0 Å². The van der Waals surface area contributed by atoms with Gasteiger partial charge in [-0.2, -0.15) is 0 Å². The number of aromatic carboxylic acids is 1. The Hall–Kier alpha value is -2.80. The van der Waals surface area contributed by atoms with Gasteiger partial charge in [0, 0.05) is 12.5 Å². The van der Waals surface area contributed by atoms with E-state index in [1.807, 2.05) is 12.1 Å². The molecule has 2 aromatic rings. The van der Waals surface area contributed by atoms with Crippen LogP contribution in [-0.4, -0.2) is 22.1 Å². The molecule has 0 aromatic heterocycles. The second-order valence-electron chi connectivity index (χ2n) is 7.12. The third-order valence-corrected chi connectivity index (χ3v) is 5.25. The van der Waals surface area contributed by atoms with Gasteiger partial charge < -0.3 is 5.11 Å². The second kappa shape index (κ2) is 8.93. The number of nitrogens with one attached hydrogen (secondary N) is 1. The fourth-order valence-electron chi connectivity index (χ4n) is 3.70. The number of amidine groups is 1. The van der Waals surface area contributed by atoms with Gasteiger partial charge in [0.25, 0.3) is 0 Å². The number of hydroxylamine groups is 1. The van der Waals surface area contributed by atoms with Gasteiger partial charge in [-0.25, -0.2) is 18.6 Å². The van der Waals surface area contributed by atoms with Gasteiger partial charge in [-0.1, -0.05) is 12.1 Å². The Bertz CT molecular complexity index is 860. The molecule has 28 heavy (non-hydrogen) atoms. The van der Waals surface area contributed by atoms with E-state index in [2.05, 4.69) is 10.5 Å². The molecular weight excluding hydrogens is 366 g/mol. The predicted molar refractivity (Wildman–Crippen MR) is 101 cm³/mol. The van der Waals surface area contributed by atoms with E-state index in [0.717, 1.165) is 43.4 Å². The average molecular weight is 388 g/mol. The Morgan fingerprint density at radius 2 is 1.71 bits per heavy atom. The highest BCUT2D eigenvalue weighted by molar-refractivity contribution is 5.87. The number of benzene rings is 2. The van der Waals surface area contributed by atoms with E-state index in [0.29, 0.717) is 24.1 Å². The molecule has 0 unspecified atom stereocenters. The predicted octanol–water partition coefficient (Wildman–Crippen LogP) is 5.04. The molecule has 1 aliphatic rings. The summed E-state index contributed by atoms with van der Waals surface area (Å²) < 4.78 is 26.3. The molecule has 2 aromatic carbocycles. The lowest BCUT2D eigenvalue weighted by Crippen LogP contribution is -2.24. The first-order valence-electron chi connectivity index (χ1n) is 9.22. The number of carboxylic acids is 1. The van der Waals surface area contributed by atoms with Gasteiger partial charge in [0.1, 0.15) is 5.84 Å². The van der Waals surface area contributed by atoms with Gasteiger partial charge in [0.2, 0.25) is 0 Å². The first kappa shape index (κ1) is 19.9. The van der Waals surface area contributed by atoms with Crippen LogP contribution in [0.25, 0.3) is 0 Å². The van der Waals surface area contributed by atoms with Crippen LogP contribution in [-0.2, 0) is 0 Å². The number of carbonyl (C=O) groups is 1. The number of hydrogen-bond donors (Lipinski definition) is 3. The third-order valence-electron chi connectivity index (χ3n) is 5.25. The smallest absolute Gasteiger partial charge is 0.335 e. The summed E-state index contributed by atoms with van der Waals surface area (Å²) in [5.74, 6) is -1.83. The topological polar surface area (TPSA) is 81.9 Å². The molecule has 0 heterocycles. The maximum absolute atomic E-state index is 13.3. The number of hydrogen-bond acceptors (Lipinski definition) is 3. The van der Waals surface area contributed by atoms with Crippen LogP contribution in [0.4, 0.5) is 14.5 Å². The largest absolute Gasteiger partial charge is 0.478 e. The van der Waals surface area contributed by atoms with Gasteiger partial charge >= 0.3 is 5.97 Å². The van der Waals surface area contributed by atoms with E-state index < -0.39 is 17.6 Å². The zero-order valence-electron chi connectivity index (χ0n) is 15.2. The number of nitrogens with zero attached hydrogens (tertiary/aromatic N) is 1. The highest BCUT2D eigenvalue weighted by Crippen LogP contribution is 2.37. The third kappa shape index (κ3) is 4.92. The van der Waals surface area contributed by atoms with Crippen LogP contribution < -0.4 is 5.48 Å². The zero-order chi connectivity index (χ0) is 20.1. The molecule has 1 aliphatic carbocycles. The molecule has 0 amide bonds.